The first-order valence-electron chi connectivity index (χ1n) is 2.62. The summed E-state index contributed by atoms with van der Waals surface area (Å²) in [6.45, 7) is 0. The molecule has 2 nitrogen and oxygen atoms in total. The predicted octanol–water partition coefficient (Wildman–Crippen LogP) is 2.07. The van der Waals surface area contributed by atoms with Crippen LogP contribution in [0.15, 0.2) is 0 Å². The standard InChI is InChI=1S/C3F8O2Si/c4-2(5,3(6,7)8)1(12)13-14(9,10)11. The van der Waals surface area contributed by atoms with Gasteiger partial charge in [-0.15, -0.1) is 0 Å². The van der Waals surface area contributed by atoms with E-state index in [1.54, 1.807) is 0 Å². The average molecular weight is 248 g/mol. The number of hydrogen-bond donors (Lipinski definition) is 0. The number of rotatable bonds is 2. The molecule has 0 aliphatic rings. The lowest BCUT2D eigenvalue weighted by molar-refractivity contribution is -0.277. The highest BCUT2D eigenvalue weighted by atomic mass is 28.5. The van der Waals surface area contributed by atoms with Gasteiger partial charge in [0.2, 0.25) is 0 Å². The molecular formula is C3F8O2Si. The molecule has 0 N–H and O–H groups in total. The van der Waals surface area contributed by atoms with Crippen LogP contribution in [-0.4, -0.2) is 27.4 Å². The third kappa shape index (κ3) is 3.12. The summed E-state index contributed by atoms with van der Waals surface area (Å²) in [6, 6.07) is 0. The van der Waals surface area contributed by atoms with E-state index >= 15 is 0 Å². The van der Waals surface area contributed by atoms with Gasteiger partial charge in [-0.2, -0.15) is 22.0 Å². The summed E-state index contributed by atoms with van der Waals surface area (Å²) in [5.74, 6) is -9.79. The van der Waals surface area contributed by atoms with E-state index in [0.29, 0.717) is 0 Å². The van der Waals surface area contributed by atoms with Gasteiger partial charge in [0.25, 0.3) is 0 Å². The Morgan fingerprint density at radius 2 is 1.36 bits per heavy atom. The maximum Gasteiger partial charge on any atom is 0.877 e. The van der Waals surface area contributed by atoms with Crippen LogP contribution >= 0.6 is 0 Å². The van der Waals surface area contributed by atoms with Crippen molar-refractivity contribution < 1.29 is 43.5 Å². The van der Waals surface area contributed by atoms with E-state index in [1.807, 2.05) is 0 Å². The van der Waals surface area contributed by atoms with Crippen molar-refractivity contribution in [2.75, 3.05) is 0 Å². The van der Waals surface area contributed by atoms with Crippen molar-refractivity contribution in [1.29, 1.82) is 0 Å². The van der Waals surface area contributed by atoms with Gasteiger partial charge < -0.3 is 4.43 Å². The minimum atomic E-state index is -7.24. The van der Waals surface area contributed by atoms with Crippen molar-refractivity contribution in [3.05, 3.63) is 0 Å². The predicted molar refractivity (Wildman–Crippen MR) is 26.2 cm³/mol. The van der Waals surface area contributed by atoms with Crippen molar-refractivity contribution in [1.82, 2.24) is 0 Å². The molecule has 11 heteroatoms. The highest BCUT2D eigenvalue weighted by Gasteiger charge is 2.67. The molecule has 0 aliphatic heterocycles. The normalized spacial score (nSPS) is 14.0. The third-order valence-electron chi connectivity index (χ3n) is 0.821. The van der Waals surface area contributed by atoms with Crippen LogP contribution in [0, 0.1) is 0 Å². The molecule has 0 atom stereocenters. The van der Waals surface area contributed by atoms with Gasteiger partial charge in [0.05, 0.1) is 0 Å². The second-order valence-corrected chi connectivity index (χ2v) is 3.00. The molecule has 0 saturated heterocycles. The van der Waals surface area contributed by atoms with Crippen LogP contribution in [0.1, 0.15) is 0 Å². The van der Waals surface area contributed by atoms with Crippen LogP contribution in [0.25, 0.3) is 0 Å². The summed E-state index contributed by atoms with van der Waals surface area (Å²) >= 11 is 0. The molecule has 0 aromatic carbocycles. The Morgan fingerprint density at radius 1 is 1.00 bits per heavy atom. The Labute approximate surface area is 72.1 Å². The van der Waals surface area contributed by atoms with Crippen LogP contribution in [0.3, 0.4) is 0 Å². The van der Waals surface area contributed by atoms with Crippen molar-refractivity contribution in [3.63, 3.8) is 0 Å². The molecule has 0 saturated carbocycles. The zero-order chi connectivity index (χ0) is 11.8. The highest BCUT2D eigenvalue weighted by Crippen LogP contribution is 2.37. The quantitative estimate of drug-likeness (QED) is 0.425. The molecule has 0 fully saturated rings. The van der Waals surface area contributed by atoms with E-state index in [-0.39, 0.29) is 0 Å². The Kier molecular flexibility index (Phi) is 3.15. The highest BCUT2D eigenvalue weighted by molar-refractivity contribution is 6.53. The maximum atomic E-state index is 11.8. The monoisotopic (exact) mass is 248 g/mol. The Hall–Kier alpha value is -0.873. The smallest absolute Gasteiger partial charge is 0.438 e. The van der Waals surface area contributed by atoms with Crippen molar-refractivity contribution in [2.45, 2.75) is 12.1 Å². The molecule has 0 rings (SSSR count). The second-order valence-electron chi connectivity index (χ2n) is 1.91. The van der Waals surface area contributed by atoms with Crippen molar-refractivity contribution >= 4 is 15.3 Å². The molecule has 0 amide bonds. The lowest BCUT2D eigenvalue weighted by Crippen LogP contribution is -2.47. The van der Waals surface area contributed by atoms with Crippen LogP contribution < -0.4 is 0 Å². The molecule has 84 valence electrons. The molecule has 0 aromatic heterocycles. The lowest BCUT2D eigenvalue weighted by atomic mass is 10.3. The van der Waals surface area contributed by atoms with Crippen molar-refractivity contribution in [3.8, 4) is 0 Å². The fourth-order valence-corrected chi connectivity index (χ4v) is 0.623. The van der Waals surface area contributed by atoms with Gasteiger partial charge >= 0.3 is 27.4 Å². The second kappa shape index (κ2) is 3.36. The van der Waals surface area contributed by atoms with E-state index in [2.05, 4.69) is 4.43 Å². The first-order valence-corrected chi connectivity index (χ1v) is 4.17. The van der Waals surface area contributed by atoms with E-state index in [4.69, 9.17) is 0 Å². The summed E-state index contributed by atoms with van der Waals surface area (Å²) in [5, 5.41) is 0. The average Bonchev–Trinajstić information content (AvgIpc) is 1.80. The van der Waals surface area contributed by atoms with Crippen LogP contribution in [0.5, 0.6) is 0 Å². The Morgan fingerprint density at radius 3 is 1.57 bits per heavy atom. The number of carbonyl (C=O) groups is 1. The first kappa shape index (κ1) is 13.1. The summed E-state index contributed by atoms with van der Waals surface area (Å²) < 4.78 is 93.0. The van der Waals surface area contributed by atoms with Crippen LogP contribution in [0.4, 0.5) is 34.3 Å². The van der Waals surface area contributed by atoms with E-state index in [0.717, 1.165) is 0 Å². The summed E-state index contributed by atoms with van der Waals surface area (Å²) in [4.78, 5) is 9.75. The molecule has 14 heavy (non-hydrogen) atoms. The molecule has 0 bridgehead atoms. The van der Waals surface area contributed by atoms with Crippen molar-refractivity contribution in [2.24, 2.45) is 0 Å². The number of hydrogen-bond acceptors (Lipinski definition) is 2. The van der Waals surface area contributed by atoms with Gasteiger partial charge in [0.15, 0.2) is 0 Å². The Balaban J connectivity index is 4.70. The van der Waals surface area contributed by atoms with E-state index in [9.17, 15) is 39.1 Å². The molecule has 0 aliphatic carbocycles. The largest absolute Gasteiger partial charge is 0.877 e. The minimum absolute atomic E-state index is 2.06. The summed E-state index contributed by atoms with van der Waals surface area (Å²) in [5.41, 5.74) is 0. The lowest BCUT2D eigenvalue weighted by Gasteiger charge is -2.17. The molecule has 0 heterocycles. The fraction of sp³-hybridized carbons (Fsp3) is 0.667. The zero-order valence-electron chi connectivity index (χ0n) is 5.84. The van der Waals surface area contributed by atoms with Gasteiger partial charge in [0.1, 0.15) is 0 Å². The van der Waals surface area contributed by atoms with Gasteiger partial charge in [-0.1, -0.05) is 0 Å². The fourth-order valence-electron chi connectivity index (χ4n) is 0.285. The topological polar surface area (TPSA) is 26.3 Å². The van der Waals surface area contributed by atoms with Crippen LogP contribution in [0.2, 0.25) is 0 Å². The maximum absolute atomic E-state index is 11.8. The van der Waals surface area contributed by atoms with Gasteiger partial charge in [-0.25, -0.2) is 17.1 Å². The van der Waals surface area contributed by atoms with Gasteiger partial charge in [-0.3, -0.25) is 0 Å². The first-order chi connectivity index (χ1) is 5.88. The van der Waals surface area contributed by atoms with E-state index in [1.165, 1.54) is 0 Å². The minimum Gasteiger partial charge on any atom is -0.438 e. The van der Waals surface area contributed by atoms with Gasteiger partial charge in [0, 0.05) is 0 Å². The third-order valence-corrected chi connectivity index (χ3v) is 1.24. The number of carbonyl (C=O) groups excluding carboxylic acids is 1. The van der Waals surface area contributed by atoms with Crippen LogP contribution in [-0.2, 0) is 9.22 Å². The molecule has 0 radical (unpaired) electrons. The molecular weight excluding hydrogens is 248 g/mol. The molecule has 0 aromatic rings. The number of alkyl halides is 5. The summed E-state index contributed by atoms with van der Waals surface area (Å²) in [7, 11) is -7.24. The number of halogens is 8. The molecule has 0 unspecified atom stereocenters. The molecule has 0 spiro atoms. The SMILES string of the molecule is O=C(O[Si](F)(F)F)C(F)(F)C(F)(F)F. The van der Waals surface area contributed by atoms with Gasteiger partial charge in [-0.05, 0) is 0 Å². The van der Waals surface area contributed by atoms with E-state index < -0.39 is 27.4 Å². The summed E-state index contributed by atoms with van der Waals surface area (Å²) in [6.07, 6.45) is -6.40. The Bertz CT molecular complexity index is 228. The zero-order valence-corrected chi connectivity index (χ0v) is 6.84.